The van der Waals surface area contributed by atoms with Gasteiger partial charge in [-0.2, -0.15) is 0 Å². The summed E-state index contributed by atoms with van der Waals surface area (Å²) in [4.78, 5) is 19.2. The molecule has 0 bridgehead atoms. The highest BCUT2D eigenvalue weighted by Gasteiger charge is 2.45. The minimum atomic E-state index is -4.30. The van der Waals surface area contributed by atoms with Crippen LogP contribution in [-0.4, -0.2) is 27.8 Å². The lowest BCUT2D eigenvalue weighted by atomic mass is 9.76. The summed E-state index contributed by atoms with van der Waals surface area (Å²) >= 11 is 0. The second-order valence-corrected chi connectivity index (χ2v) is 7.90. The van der Waals surface area contributed by atoms with Crippen molar-refractivity contribution < 1.29 is 23.1 Å². The van der Waals surface area contributed by atoms with Gasteiger partial charge in [-0.15, -0.1) is 0 Å². The van der Waals surface area contributed by atoms with Gasteiger partial charge in [0.05, 0.1) is 5.66 Å². The van der Waals surface area contributed by atoms with E-state index in [-0.39, 0.29) is 24.7 Å². The fourth-order valence-corrected chi connectivity index (χ4v) is 5.53. The molecule has 0 saturated heterocycles. The van der Waals surface area contributed by atoms with E-state index in [2.05, 4.69) is 0 Å². The molecular weight excluding hydrogens is 273 g/mol. The molecule has 2 aliphatic rings. The molecule has 19 heavy (non-hydrogen) atoms. The average Bonchev–Trinajstić information content (AvgIpc) is 2.27. The van der Waals surface area contributed by atoms with Crippen LogP contribution in [0.15, 0.2) is 0 Å². The molecule has 112 valence electrons. The fourth-order valence-electron chi connectivity index (χ4n) is 3.89. The normalized spacial score (nSPS) is 38.9. The molecule has 0 heterocycles. The van der Waals surface area contributed by atoms with Gasteiger partial charge < -0.3 is 9.79 Å². The summed E-state index contributed by atoms with van der Waals surface area (Å²) in [5.41, 5.74) is -0.843. The van der Waals surface area contributed by atoms with Gasteiger partial charge in [0.15, 0.2) is 0 Å². The Hall–Kier alpha value is 0.01000. The van der Waals surface area contributed by atoms with Crippen LogP contribution < -0.4 is 0 Å². The molecule has 2 N–H and O–H groups in total. The third-order valence-corrected chi connectivity index (χ3v) is 6.28. The Morgan fingerprint density at radius 1 is 0.895 bits per heavy atom. The van der Waals surface area contributed by atoms with E-state index in [4.69, 9.17) is 0 Å². The van der Waals surface area contributed by atoms with E-state index < -0.39 is 25.6 Å². The van der Waals surface area contributed by atoms with Gasteiger partial charge in [-0.1, -0.05) is 12.8 Å². The van der Waals surface area contributed by atoms with Gasteiger partial charge in [0, 0.05) is 0 Å². The summed E-state index contributed by atoms with van der Waals surface area (Å²) in [6, 6.07) is 0. The first-order valence-corrected chi connectivity index (χ1v) is 8.89. The monoisotopic (exact) mass is 296 g/mol. The third-order valence-electron chi connectivity index (χ3n) is 4.66. The number of alkyl halides is 2. The van der Waals surface area contributed by atoms with E-state index in [1.807, 2.05) is 0 Å². The van der Waals surface area contributed by atoms with E-state index in [1.54, 1.807) is 0 Å². The highest BCUT2D eigenvalue weighted by Crippen LogP contribution is 2.55. The second kappa shape index (κ2) is 6.19. The Labute approximate surface area is 112 Å². The molecule has 2 rings (SSSR count). The van der Waals surface area contributed by atoms with Gasteiger partial charge in [-0.25, -0.2) is 8.78 Å². The first-order valence-electron chi connectivity index (χ1n) is 7.21. The maximum Gasteiger partial charge on any atom is 0.329 e. The topological polar surface area (TPSA) is 57.5 Å². The summed E-state index contributed by atoms with van der Waals surface area (Å²) in [5.74, 6) is -0.584. The van der Waals surface area contributed by atoms with E-state index in [1.165, 1.54) is 0 Å². The van der Waals surface area contributed by atoms with Gasteiger partial charge in [-0.3, -0.25) is 4.57 Å². The summed E-state index contributed by atoms with van der Waals surface area (Å²) in [6.45, 7) is 0. The van der Waals surface area contributed by atoms with Crippen LogP contribution in [0.3, 0.4) is 0 Å². The number of hydrogen-bond acceptors (Lipinski definition) is 1. The molecule has 0 aromatic carbocycles. The van der Waals surface area contributed by atoms with Gasteiger partial charge in [0.2, 0.25) is 0 Å². The van der Waals surface area contributed by atoms with E-state index >= 15 is 0 Å². The number of rotatable bonds is 3. The third kappa shape index (κ3) is 3.99. The quantitative estimate of drug-likeness (QED) is 0.782. The Kier molecular flexibility index (Phi) is 5.02. The summed E-state index contributed by atoms with van der Waals surface area (Å²) in [7, 11) is -4.30. The van der Waals surface area contributed by atoms with Gasteiger partial charge in [-0.05, 0) is 50.4 Å². The molecule has 2 saturated carbocycles. The molecule has 0 aromatic rings. The Morgan fingerprint density at radius 2 is 1.32 bits per heavy atom. The highest BCUT2D eigenvalue weighted by atomic mass is 31.2. The second-order valence-electron chi connectivity index (χ2n) is 6.13. The molecule has 0 aromatic heterocycles. The van der Waals surface area contributed by atoms with Gasteiger partial charge in [0.25, 0.3) is 0 Å². The zero-order valence-electron chi connectivity index (χ0n) is 11.0. The molecule has 2 fully saturated rings. The van der Waals surface area contributed by atoms with Crippen LogP contribution in [-0.2, 0) is 4.57 Å². The summed E-state index contributed by atoms with van der Waals surface area (Å²) < 4.78 is 38.8. The lowest BCUT2D eigenvalue weighted by Gasteiger charge is -2.39. The minimum Gasteiger partial charge on any atom is -0.324 e. The minimum absolute atomic E-state index is 0.225. The molecule has 0 amide bonds. The average molecular weight is 296 g/mol. The van der Waals surface area contributed by atoms with Crippen LogP contribution in [0.5, 0.6) is 0 Å². The van der Waals surface area contributed by atoms with E-state index in [0.29, 0.717) is 38.5 Å². The Balaban J connectivity index is 2.13. The first kappa shape index (κ1) is 15.4. The van der Waals surface area contributed by atoms with Crippen LogP contribution in [0.25, 0.3) is 0 Å². The standard InChI is InChI=1S/C13H23F2O3P/c14-11-5-1-3-9(7-11)13(19(16,17)18)10-4-2-6-12(15)8-10/h9-13H,1-8H2,(H2,16,17,18). The van der Waals surface area contributed by atoms with Crippen LogP contribution in [0.2, 0.25) is 0 Å². The molecule has 4 unspecified atom stereocenters. The molecule has 3 nitrogen and oxygen atoms in total. The van der Waals surface area contributed by atoms with Crippen molar-refractivity contribution in [1.29, 1.82) is 0 Å². The van der Waals surface area contributed by atoms with Crippen molar-refractivity contribution >= 4 is 7.60 Å². The Bertz CT molecular complexity index is 325. The van der Waals surface area contributed by atoms with Crippen LogP contribution in [0, 0.1) is 11.8 Å². The summed E-state index contributed by atoms with van der Waals surface area (Å²) in [6.07, 6.45) is 2.17. The SMILES string of the molecule is O=P(O)(O)C(C1CCCC(F)C1)C1CCCC(F)C1. The smallest absolute Gasteiger partial charge is 0.324 e. The maximum absolute atomic E-state index is 13.5. The molecular formula is C13H23F2O3P. The first-order chi connectivity index (χ1) is 8.88. The van der Waals surface area contributed by atoms with Gasteiger partial charge in [0.1, 0.15) is 12.3 Å². The van der Waals surface area contributed by atoms with Crippen molar-refractivity contribution in [3.63, 3.8) is 0 Å². The molecule has 6 heteroatoms. The fraction of sp³-hybridized carbons (Fsp3) is 1.00. The number of halogens is 2. The van der Waals surface area contributed by atoms with Crippen molar-refractivity contribution in [2.45, 2.75) is 69.4 Å². The van der Waals surface area contributed by atoms with E-state index in [0.717, 1.165) is 0 Å². The lowest BCUT2D eigenvalue weighted by Crippen LogP contribution is -2.36. The summed E-state index contributed by atoms with van der Waals surface area (Å²) in [5, 5.41) is 0. The predicted molar refractivity (Wildman–Crippen MR) is 69.5 cm³/mol. The van der Waals surface area contributed by atoms with Crippen molar-refractivity contribution in [2.24, 2.45) is 11.8 Å². The van der Waals surface area contributed by atoms with E-state index in [9.17, 15) is 23.1 Å². The molecule has 0 spiro atoms. The lowest BCUT2D eigenvalue weighted by molar-refractivity contribution is 0.131. The van der Waals surface area contributed by atoms with Crippen molar-refractivity contribution in [3.05, 3.63) is 0 Å². The van der Waals surface area contributed by atoms with Crippen molar-refractivity contribution in [3.8, 4) is 0 Å². The molecule has 2 aliphatic carbocycles. The Morgan fingerprint density at radius 3 is 1.63 bits per heavy atom. The maximum atomic E-state index is 13.5. The van der Waals surface area contributed by atoms with Crippen LogP contribution >= 0.6 is 7.60 Å². The van der Waals surface area contributed by atoms with Crippen molar-refractivity contribution in [2.75, 3.05) is 0 Å². The van der Waals surface area contributed by atoms with Crippen molar-refractivity contribution in [1.82, 2.24) is 0 Å². The predicted octanol–water partition coefficient (Wildman–Crippen LogP) is 3.59. The molecule has 0 aliphatic heterocycles. The zero-order valence-corrected chi connectivity index (χ0v) is 11.9. The zero-order chi connectivity index (χ0) is 14.0. The van der Waals surface area contributed by atoms with Crippen LogP contribution in [0.4, 0.5) is 8.78 Å². The van der Waals surface area contributed by atoms with Crippen LogP contribution in [0.1, 0.15) is 51.4 Å². The largest absolute Gasteiger partial charge is 0.329 e. The molecule has 0 radical (unpaired) electrons. The van der Waals surface area contributed by atoms with Gasteiger partial charge >= 0.3 is 7.60 Å². The number of hydrogen-bond donors (Lipinski definition) is 2. The highest BCUT2D eigenvalue weighted by molar-refractivity contribution is 7.52. The molecule has 4 atom stereocenters.